The molecule has 1 aliphatic heterocycles. The topological polar surface area (TPSA) is 102 Å². The van der Waals surface area contributed by atoms with Gasteiger partial charge in [0.1, 0.15) is 16.6 Å². The molecule has 9 heteroatoms. The Bertz CT molecular complexity index is 1350. The van der Waals surface area contributed by atoms with E-state index in [1.165, 1.54) is 12.8 Å². The number of amides is 2. The first kappa shape index (κ1) is 24.7. The molecule has 0 radical (unpaired) electrons. The number of rotatable bonds is 8. The van der Waals surface area contributed by atoms with Crippen LogP contribution in [0.5, 0.6) is 0 Å². The van der Waals surface area contributed by atoms with Gasteiger partial charge in [-0.25, -0.2) is 9.59 Å². The summed E-state index contributed by atoms with van der Waals surface area (Å²) < 4.78 is 12.9. The average molecular weight is 480 g/mol. The number of benzene rings is 1. The zero-order chi connectivity index (χ0) is 24.8. The number of furan rings is 1. The van der Waals surface area contributed by atoms with E-state index in [9.17, 15) is 9.59 Å². The Kier molecular flexibility index (Phi) is 7.99. The van der Waals surface area contributed by atoms with E-state index >= 15 is 0 Å². The number of nitrogens with one attached hydrogen (secondary N) is 2. The lowest BCUT2D eigenvalue weighted by Crippen LogP contribution is -2.35. The van der Waals surface area contributed by atoms with Gasteiger partial charge in [0.15, 0.2) is 5.58 Å². The number of hydrogen-bond donors (Lipinski definition) is 2. The summed E-state index contributed by atoms with van der Waals surface area (Å²) in [6, 6.07) is 7.00. The summed E-state index contributed by atoms with van der Waals surface area (Å²) in [4.78, 5) is 31.9. The molecule has 3 aromatic rings. The minimum atomic E-state index is -0.365. The van der Waals surface area contributed by atoms with Crippen LogP contribution in [0.15, 0.2) is 33.5 Å². The highest BCUT2D eigenvalue weighted by atomic mass is 16.5. The van der Waals surface area contributed by atoms with E-state index in [1.807, 2.05) is 38.1 Å². The quantitative estimate of drug-likeness (QED) is 0.513. The molecular formula is C26H33N5O4. The molecule has 186 valence electrons. The number of methoxy groups -OCH3 is 1. The van der Waals surface area contributed by atoms with Crippen molar-refractivity contribution < 1.29 is 13.9 Å². The first-order chi connectivity index (χ1) is 17.0. The SMILES string of the molecule is CC=c1oc2c(-c3ccc(NC(=O)NCCN4CCCC4)cc3)nc(=O)n(CCOC)c2c1=CC. The molecule has 3 heterocycles. The molecule has 0 atom stereocenters. The number of anilines is 1. The van der Waals surface area contributed by atoms with Gasteiger partial charge in [-0.05, 0) is 58.0 Å². The fourth-order valence-corrected chi connectivity index (χ4v) is 4.48. The standard InChI is InChI=1S/C26H33N5O4/c1-4-20-21(5-2)35-24-22(29-26(33)31(23(20)24)16-17-34-3)18-8-10-19(11-9-18)28-25(32)27-12-15-30-13-6-7-14-30/h4-5,8-11H,6-7,12-17H2,1-3H3,(H2,27,28,32). The first-order valence-corrected chi connectivity index (χ1v) is 12.1. The molecule has 0 spiro atoms. The molecule has 35 heavy (non-hydrogen) atoms. The van der Waals surface area contributed by atoms with Crippen LogP contribution < -0.4 is 27.0 Å². The summed E-state index contributed by atoms with van der Waals surface area (Å²) >= 11 is 0. The molecule has 4 rings (SSSR count). The van der Waals surface area contributed by atoms with Gasteiger partial charge in [-0.3, -0.25) is 4.57 Å². The summed E-state index contributed by atoms with van der Waals surface area (Å²) in [5.41, 5.74) is 3.42. The Labute approximate surface area is 204 Å². The van der Waals surface area contributed by atoms with Crippen molar-refractivity contribution in [2.24, 2.45) is 0 Å². The highest BCUT2D eigenvalue weighted by Crippen LogP contribution is 2.25. The lowest BCUT2D eigenvalue weighted by atomic mass is 10.1. The van der Waals surface area contributed by atoms with Crippen molar-refractivity contribution in [3.8, 4) is 11.3 Å². The second kappa shape index (κ2) is 11.3. The summed E-state index contributed by atoms with van der Waals surface area (Å²) in [7, 11) is 1.60. The molecule has 0 aliphatic carbocycles. The van der Waals surface area contributed by atoms with E-state index in [2.05, 4.69) is 20.5 Å². The minimum Gasteiger partial charge on any atom is -0.452 e. The van der Waals surface area contributed by atoms with Crippen molar-refractivity contribution in [1.29, 1.82) is 0 Å². The summed E-state index contributed by atoms with van der Waals surface area (Å²) in [5, 5.41) is 6.61. The number of ether oxygens (including phenoxy) is 1. The van der Waals surface area contributed by atoms with Crippen LogP contribution in [-0.4, -0.2) is 60.4 Å². The predicted octanol–water partition coefficient (Wildman–Crippen LogP) is 2.12. The molecule has 1 saturated heterocycles. The number of fused-ring (bicyclic) bond motifs is 1. The van der Waals surface area contributed by atoms with Crippen molar-refractivity contribution in [2.75, 3.05) is 45.2 Å². The fraction of sp³-hybridized carbons (Fsp3) is 0.423. The molecule has 2 amide bonds. The van der Waals surface area contributed by atoms with Crippen LogP contribution in [0.25, 0.3) is 34.5 Å². The largest absolute Gasteiger partial charge is 0.452 e. The van der Waals surface area contributed by atoms with Crippen LogP contribution in [0.3, 0.4) is 0 Å². The molecule has 1 aromatic carbocycles. The van der Waals surface area contributed by atoms with Gasteiger partial charge < -0.3 is 24.7 Å². The van der Waals surface area contributed by atoms with Gasteiger partial charge in [0.05, 0.1) is 13.2 Å². The van der Waals surface area contributed by atoms with Crippen LogP contribution in [-0.2, 0) is 11.3 Å². The van der Waals surface area contributed by atoms with Crippen molar-refractivity contribution in [1.82, 2.24) is 19.8 Å². The monoisotopic (exact) mass is 479 g/mol. The van der Waals surface area contributed by atoms with E-state index in [4.69, 9.17) is 9.15 Å². The number of carbonyl (C=O) groups is 1. The predicted molar refractivity (Wildman–Crippen MR) is 138 cm³/mol. The average Bonchev–Trinajstić information content (AvgIpc) is 3.51. The number of likely N-dealkylation sites (tertiary alicyclic amines) is 1. The normalized spacial score (nSPS) is 15.3. The van der Waals surface area contributed by atoms with E-state index in [-0.39, 0.29) is 11.7 Å². The van der Waals surface area contributed by atoms with Gasteiger partial charge in [-0.2, -0.15) is 4.98 Å². The van der Waals surface area contributed by atoms with Crippen LogP contribution in [0.2, 0.25) is 0 Å². The third-order valence-corrected chi connectivity index (χ3v) is 6.27. The van der Waals surface area contributed by atoms with E-state index in [0.717, 1.165) is 30.4 Å². The number of nitrogens with zero attached hydrogens (tertiary/aromatic N) is 3. The summed E-state index contributed by atoms with van der Waals surface area (Å²) in [6.45, 7) is 8.25. The van der Waals surface area contributed by atoms with Gasteiger partial charge in [-0.15, -0.1) is 0 Å². The van der Waals surface area contributed by atoms with Crippen molar-refractivity contribution in [3.63, 3.8) is 0 Å². The maximum atomic E-state index is 13.0. The molecule has 0 saturated carbocycles. The summed E-state index contributed by atoms with van der Waals surface area (Å²) in [6.07, 6.45) is 6.27. The second-order valence-corrected chi connectivity index (χ2v) is 8.53. The smallest absolute Gasteiger partial charge is 0.348 e. The Morgan fingerprint density at radius 3 is 2.54 bits per heavy atom. The molecule has 1 aliphatic rings. The van der Waals surface area contributed by atoms with Gasteiger partial charge in [0, 0.05) is 36.7 Å². The maximum absolute atomic E-state index is 13.0. The van der Waals surface area contributed by atoms with Gasteiger partial charge in [-0.1, -0.05) is 18.2 Å². The molecule has 2 N–H and O–H groups in total. The Hall–Kier alpha value is -3.43. The van der Waals surface area contributed by atoms with Crippen molar-refractivity contribution in [3.05, 3.63) is 45.4 Å². The lowest BCUT2D eigenvalue weighted by molar-refractivity contribution is 0.187. The van der Waals surface area contributed by atoms with E-state index in [1.54, 1.807) is 23.8 Å². The Morgan fingerprint density at radius 1 is 1.14 bits per heavy atom. The fourth-order valence-electron chi connectivity index (χ4n) is 4.48. The number of aromatic nitrogens is 2. The minimum absolute atomic E-state index is 0.240. The zero-order valence-corrected chi connectivity index (χ0v) is 20.6. The zero-order valence-electron chi connectivity index (χ0n) is 20.6. The van der Waals surface area contributed by atoms with E-state index in [0.29, 0.717) is 47.6 Å². The molecule has 2 aromatic heterocycles. The van der Waals surface area contributed by atoms with Gasteiger partial charge in [0.25, 0.3) is 0 Å². The highest BCUT2D eigenvalue weighted by molar-refractivity contribution is 5.91. The molecule has 0 bridgehead atoms. The number of carbonyl (C=O) groups excluding carboxylic acids is 1. The molecule has 9 nitrogen and oxygen atoms in total. The van der Waals surface area contributed by atoms with Crippen LogP contribution in [0, 0.1) is 0 Å². The highest BCUT2D eigenvalue weighted by Gasteiger charge is 2.18. The Balaban J connectivity index is 1.58. The number of urea groups is 1. The maximum Gasteiger partial charge on any atom is 0.348 e. The summed E-state index contributed by atoms with van der Waals surface area (Å²) in [5.74, 6) is 0. The van der Waals surface area contributed by atoms with Crippen molar-refractivity contribution in [2.45, 2.75) is 33.2 Å². The van der Waals surface area contributed by atoms with Crippen LogP contribution in [0.4, 0.5) is 10.5 Å². The molecule has 1 fully saturated rings. The van der Waals surface area contributed by atoms with Gasteiger partial charge >= 0.3 is 11.7 Å². The third kappa shape index (κ3) is 5.47. The van der Waals surface area contributed by atoms with Crippen molar-refractivity contribution >= 4 is 35.0 Å². The van der Waals surface area contributed by atoms with E-state index < -0.39 is 0 Å². The Morgan fingerprint density at radius 2 is 1.89 bits per heavy atom. The number of hydrogen-bond acceptors (Lipinski definition) is 6. The van der Waals surface area contributed by atoms with Gasteiger partial charge in [0.2, 0.25) is 0 Å². The molecular weight excluding hydrogens is 446 g/mol. The second-order valence-electron chi connectivity index (χ2n) is 8.53. The lowest BCUT2D eigenvalue weighted by Gasteiger charge is -2.15. The van der Waals surface area contributed by atoms with Crippen LogP contribution in [0.1, 0.15) is 26.7 Å². The van der Waals surface area contributed by atoms with Crippen LogP contribution >= 0.6 is 0 Å². The third-order valence-electron chi connectivity index (χ3n) is 6.27. The first-order valence-electron chi connectivity index (χ1n) is 12.1. The molecule has 0 unspecified atom stereocenters.